The molecule has 20 heavy (non-hydrogen) atoms. The Kier molecular flexibility index (Phi) is 3.24. The first-order chi connectivity index (χ1) is 9.50. The van der Waals surface area contributed by atoms with Gasteiger partial charge in [0.15, 0.2) is 5.78 Å². The van der Waals surface area contributed by atoms with Gasteiger partial charge in [-0.2, -0.15) is 0 Å². The molecule has 0 bridgehead atoms. The van der Waals surface area contributed by atoms with E-state index < -0.39 is 0 Å². The van der Waals surface area contributed by atoms with Crippen LogP contribution in [0, 0.1) is 5.41 Å². The third kappa shape index (κ3) is 2.30. The zero-order chi connectivity index (χ0) is 14.3. The summed E-state index contributed by atoms with van der Waals surface area (Å²) in [5, 5.41) is 0.923. The summed E-state index contributed by atoms with van der Waals surface area (Å²) < 4.78 is 2.11. The average molecular weight is 289 g/mol. The number of imidazole rings is 1. The maximum Gasteiger partial charge on any atom is 0.175 e. The Labute approximate surface area is 122 Å². The van der Waals surface area contributed by atoms with Crippen LogP contribution in [0.15, 0.2) is 12.5 Å². The molecule has 1 aliphatic carbocycles. The smallest absolute Gasteiger partial charge is 0.175 e. The highest BCUT2D eigenvalue weighted by Gasteiger charge is 2.34. The number of carbonyl (C=O) groups is 1. The molecule has 5 heteroatoms. The maximum absolute atomic E-state index is 12.2. The van der Waals surface area contributed by atoms with Gasteiger partial charge in [-0.3, -0.25) is 4.79 Å². The summed E-state index contributed by atoms with van der Waals surface area (Å²) in [5.41, 5.74) is 2.02. The van der Waals surface area contributed by atoms with E-state index in [-0.39, 0.29) is 11.2 Å². The molecule has 4 nitrogen and oxygen atoms in total. The first-order valence-electron chi connectivity index (χ1n) is 7.03. The SMILES string of the molecule is CCCn1cncc1-c1nc2c(s1)C(=O)CC(C)(C)C2. The van der Waals surface area contributed by atoms with Gasteiger partial charge in [-0.05, 0) is 18.3 Å². The predicted octanol–water partition coefficient (Wildman–Crippen LogP) is 3.57. The van der Waals surface area contributed by atoms with Gasteiger partial charge in [-0.15, -0.1) is 11.3 Å². The Morgan fingerprint density at radius 3 is 2.95 bits per heavy atom. The number of carbonyl (C=O) groups excluding carboxylic acids is 1. The Balaban J connectivity index is 2.02. The molecule has 0 saturated heterocycles. The van der Waals surface area contributed by atoms with Crippen molar-refractivity contribution in [3.63, 3.8) is 0 Å². The van der Waals surface area contributed by atoms with Gasteiger partial charge in [0.2, 0.25) is 0 Å². The van der Waals surface area contributed by atoms with Crippen molar-refractivity contribution < 1.29 is 4.79 Å². The van der Waals surface area contributed by atoms with E-state index in [1.807, 2.05) is 12.5 Å². The highest BCUT2D eigenvalue weighted by atomic mass is 32.1. The fourth-order valence-electron chi connectivity index (χ4n) is 2.75. The van der Waals surface area contributed by atoms with Gasteiger partial charge in [0.1, 0.15) is 5.01 Å². The first-order valence-corrected chi connectivity index (χ1v) is 7.85. The van der Waals surface area contributed by atoms with Gasteiger partial charge in [0.05, 0.1) is 28.8 Å². The molecule has 2 aromatic rings. The number of Topliss-reactive ketones (excluding diaryl/α,β-unsaturated/α-hetero) is 1. The Morgan fingerprint density at radius 2 is 2.20 bits per heavy atom. The summed E-state index contributed by atoms with van der Waals surface area (Å²) in [5.74, 6) is 0.238. The molecular weight excluding hydrogens is 270 g/mol. The number of ketones is 1. The lowest BCUT2D eigenvalue weighted by molar-refractivity contribution is 0.0916. The Morgan fingerprint density at radius 1 is 1.40 bits per heavy atom. The molecule has 0 aromatic carbocycles. The van der Waals surface area contributed by atoms with Gasteiger partial charge < -0.3 is 4.57 Å². The Hall–Kier alpha value is -1.49. The molecule has 106 valence electrons. The van der Waals surface area contributed by atoms with E-state index in [1.54, 1.807) is 0 Å². The fraction of sp³-hybridized carbons (Fsp3) is 0.533. The third-order valence-electron chi connectivity index (χ3n) is 3.63. The van der Waals surface area contributed by atoms with Gasteiger partial charge >= 0.3 is 0 Å². The van der Waals surface area contributed by atoms with E-state index in [9.17, 15) is 4.79 Å². The second-order valence-electron chi connectivity index (χ2n) is 6.21. The molecule has 0 aliphatic heterocycles. The van der Waals surface area contributed by atoms with E-state index in [0.717, 1.165) is 40.7 Å². The van der Waals surface area contributed by atoms with Gasteiger partial charge in [-0.1, -0.05) is 20.8 Å². The topological polar surface area (TPSA) is 47.8 Å². The molecule has 0 amide bonds. The third-order valence-corrected chi connectivity index (χ3v) is 4.79. The number of hydrogen-bond acceptors (Lipinski definition) is 4. The summed E-state index contributed by atoms with van der Waals surface area (Å²) in [6.07, 6.45) is 6.24. The van der Waals surface area contributed by atoms with Crippen molar-refractivity contribution in [2.75, 3.05) is 0 Å². The number of thiazole rings is 1. The Bertz CT molecular complexity index is 654. The summed E-state index contributed by atoms with van der Waals surface area (Å²) in [6.45, 7) is 7.34. The van der Waals surface area contributed by atoms with Crippen LogP contribution in [0.3, 0.4) is 0 Å². The zero-order valence-corrected chi connectivity index (χ0v) is 13.0. The normalized spacial score (nSPS) is 17.2. The molecule has 2 heterocycles. The summed E-state index contributed by atoms with van der Waals surface area (Å²) in [7, 11) is 0. The van der Waals surface area contributed by atoms with Crippen LogP contribution in [0.1, 0.15) is 49.0 Å². The van der Waals surface area contributed by atoms with Crippen molar-refractivity contribution >= 4 is 17.1 Å². The molecule has 0 spiro atoms. The van der Waals surface area contributed by atoms with Crippen LogP contribution in [0.2, 0.25) is 0 Å². The first kappa shape index (κ1) is 13.5. The number of rotatable bonds is 3. The van der Waals surface area contributed by atoms with E-state index in [4.69, 9.17) is 4.98 Å². The minimum absolute atomic E-state index is 0.0269. The van der Waals surface area contributed by atoms with Crippen LogP contribution in [0.25, 0.3) is 10.7 Å². The quantitative estimate of drug-likeness (QED) is 0.868. The highest BCUT2D eigenvalue weighted by molar-refractivity contribution is 7.17. The van der Waals surface area contributed by atoms with Crippen LogP contribution >= 0.6 is 11.3 Å². The predicted molar refractivity (Wildman–Crippen MR) is 80.1 cm³/mol. The van der Waals surface area contributed by atoms with Crippen LogP contribution in [0.4, 0.5) is 0 Å². The fourth-order valence-corrected chi connectivity index (χ4v) is 3.79. The lowest BCUT2D eigenvalue weighted by Crippen LogP contribution is -2.25. The number of fused-ring (bicyclic) bond motifs is 1. The van der Waals surface area contributed by atoms with Crippen molar-refractivity contribution in [1.82, 2.24) is 14.5 Å². The molecule has 0 N–H and O–H groups in total. The lowest BCUT2D eigenvalue weighted by atomic mass is 9.78. The summed E-state index contributed by atoms with van der Waals surface area (Å²) >= 11 is 1.52. The maximum atomic E-state index is 12.2. The monoisotopic (exact) mass is 289 g/mol. The number of aryl methyl sites for hydroxylation is 1. The number of nitrogens with zero attached hydrogens (tertiary/aromatic N) is 3. The zero-order valence-electron chi connectivity index (χ0n) is 12.1. The van der Waals surface area contributed by atoms with Crippen LogP contribution in [0.5, 0.6) is 0 Å². The van der Waals surface area contributed by atoms with Crippen LogP contribution in [-0.4, -0.2) is 20.3 Å². The van der Waals surface area contributed by atoms with E-state index >= 15 is 0 Å². The van der Waals surface area contributed by atoms with E-state index in [0.29, 0.717) is 6.42 Å². The van der Waals surface area contributed by atoms with E-state index in [1.165, 1.54) is 11.3 Å². The van der Waals surface area contributed by atoms with Gasteiger partial charge in [-0.25, -0.2) is 9.97 Å². The summed E-state index contributed by atoms with van der Waals surface area (Å²) in [4.78, 5) is 22.0. The van der Waals surface area contributed by atoms with Crippen molar-refractivity contribution in [2.45, 2.75) is 46.6 Å². The molecule has 0 atom stereocenters. The molecule has 1 aliphatic rings. The average Bonchev–Trinajstić information content (AvgIpc) is 2.94. The minimum Gasteiger partial charge on any atom is -0.329 e. The molecule has 0 unspecified atom stereocenters. The van der Waals surface area contributed by atoms with Crippen molar-refractivity contribution in [1.29, 1.82) is 0 Å². The molecule has 0 radical (unpaired) electrons. The van der Waals surface area contributed by atoms with Gasteiger partial charge in [0.25, 0.3) is 0 Å². The molecule has 0 saturated carbocycles. The lowest BCUT2D eigenvalue weighted by Gasteiger charge is -2.26. The van der Waals surface area contributed by atoms with Crippen molar-refractivity contribution in [2.24, 2.45) is 5.41 Å². The molecule has 0 fully saturated rings. The van der Waals surface area contributed by atoms with Gasteiger partial charge in [0, 0.05) is 13.0 Å². The number of aromatic nitrogens is 3. The highest BCUT2D eigenvalue weighted by Crippen LogP contribution is 2.39. The minimum atomic E-state index is 0.0269. The molecular formula is C15H19N3OS. The second kappa shape index (κ2) is 4.81. The standard InChI is InChI=1S/C15H19N3OS/c1-4-5-18-9-16-8-11(18)14-17-10-6-15(2,3)7-12(19)13(10)20-14/h8-9H,4-7H2,1-3H3. The van der Waals surface area contributed by atoms with Crippen LogP contribution < -0.4 is 0 Å². The van der Waals surface area contributed by atoms with Crippen LogP contribution in [-0.2, 0) is 13.0 Å². The molecule has 2 aromatic heterocycles. The van der Waals surface area contributed by atoms with E-state index in [2.05, 4.69) is 30.3 Å². The second-order valence-corrected chi connectivity index (χ2v) is 7.21. The van der Waals surface area contributed by atoms with Crippen molar-refractivity contribution in [3.8, 4) is 10.7 Å². The molecule has 3 rings (SSSR count). The summed E-state index contributed by atoms with van der Waals surface area (Å²) in [6, 6.07) is 0. The van der Waals surface area contributed by atoms with Crippen molar-refractivity contribution in [3.05, 3.63) is 23.1 Å². The number of hydrogen-bond donors (Lipinski definition) is 0. The largest absolute Gasteiger partial charge is 0.329 e.